The molecule has 1 aliphatic carbocycles. The summed E-state index contributed by atoms with van der Waals surface area (Å²) in [6.07, 6.45) is 23.1. The maximum atomic E-state index is 13.2. The van der Waals surface area contributed by atoms with Crippen molar-refractivity contribution in [2.75, 3.05) is 0 Å². The molecule has 6 rings (SSSR count). The predicted molar refractivity (Wildman–Crippen MR) is 244 cm³/mol. The third-order valence-electron chi connectivity index (χ3n) is 13.6. The van der Waals surface area contributed by atoms with Gasteiger partial charge in [0.2, 0.25) is 0 Å². The highest BCUT2D eigenvalue weighted by Crippen LogP contribution is 2.47. The topological polar surface area (TPSA) is 133 Å². The standard InChI is InChI=1S/C51H70N4O5/c1-9-10-11-12-13-14-15-16-17-18-19-20-21-22-23-24-44(58)60-45(59)26-25-37-32(4)48-35(7)49-34(6)46(36(8)56)42(54-49)29-40-31(3)30(2)39(52-40)28-41-33(5)47-43(57)27-38(50(37)55-48)51(47)53-41/h28-29,32,36-37,55-57H,9-27H2,1-8H3/t32-,36?,37-/m0/s1. The lowest BCUT2D eigenvalue weighted by Crippen LogP contribution is -2.17. The van der Waals surface area contributed by atoms with Gasteiger partial charge in [0.1, 0.15) is 5.76 Å². The number of aliphatic imine (C=N–C) groups is 3. The molecular weight excluding hydrogens is 749 g/mol. The number of rotatable bonds is 20. The van der Waals surface area contributed by atoms with Gasteiger partial charge in [0.15, 0.2) is 0 Å². The molecule has 0 spiro atoms. The number of allylic oxidation sites excluding steroid dienone is 11. The van der Waals surface area contributed by atoms with Crippen LogP contribution in [0.2, 0.25) is 0 Å². The van der Waals surface area contributed by atoms with E-state index in [9.17, 15) is 19.8 Å². The summed E-state index contributed by atoms with van der Waals surface area (Å²) in [4.78, 5) is 41.2. The molecule has 0 aromatic heterocycles. The number of hydrogen-bond acceptors (Lipinski definition) is 9. The van der Waals surface area contributed by atoms with Crippen LogP contribution in [0.5, 0.6) is 0 Å². The van der Waals surface area contributed by atoms with Crippen molar-refractivity contribution in [2.45, 2.75) is 183 Å². The summed E-state index contributed by atoms with van der Waals surface area (Å²) in [5.74, 6) is -0.864. The molecule has 1 unspecified atom stereocenters. The summed E-state index contributed by atoms with van der Waals surface area (Å²) in [6, 6.07) is 0. The quantitative estimate of drug-likeness (QED) is 0.0636. The van der Waals surface area contributed by atoms with Crippen molar-refractivity contribution in [1.29, 1.82) is 0 Å². The zero-order valence-corrected chi connectivity index (χ0v) is 37.8. The molecule has 8 bridgehead atoms. The number of nitrogens with one attached hydrogen (secondary N) is 1. The number of nitrogens with zero attached hydrogens (tertiary/aromatic N) is 3. The van der Waals surface area contributed by atoms with Gasteiger partial charge in [0.05, 0.1) is 40.3 Å². The summed E-state index contributed by atoms with van der Waals surface area (Å²) in [7, 11) is 0. The molecule has 1 saturated heterocycles. The Hall–Kier alpha value is -4.37. The van der Waals surface area contributed by atoms with Crippen LogP contribution in [0.1, 0.15) is 177 Å². The molecule has 3 N–H and O–H groups in total. The van der Waals surface area contributed by atoms with Crippen LogP contribution >= 0.6 is 0 Å². The number of hydrogen-bond donors (Lipinski definition) is 3. The Kier molecular flexibility index (Phi) is 15.4. The average Bonchev–Trinajstić information content (AvgIpc) is 3.97. The van der Waals surface area contributed by atoms with Crippen molar-refractivity contribution in [3.8, 4) is 0 Å². The molecule has 0 radical (unpaired) electrons. The van der Waals surface area contributed by atoms with Crippen LogP contribution in [0.4, 0.5) is 0 Å². The minimum absolute atomic E-state index is 0.0532. The van der Waals surface area contributed by atoms with Crippen LogP contribution in [0.15, 0.2) is 106 Å². The van der Waals surface area contributed by atoms with E-state index in [0.29, 0.717) is 18.5 Å². The van der Waals surface area contributed by atoms with Gasteiger partial charge >= 0.3 is 11.9 Å². The molecule has 60 heavy (non-hydrogen) atoms. The van der Waals surface area contributed by atoms with Crippen LogP contribution in [-0.4, -0.2) is 45.4 Å². The number of ether oxygens (including phenoxy) is 1. The minimum Gasteiger partial charge on any atom is -0.511 e. The Balaban J connectivity index is 1.11. The number of carbonyl (C=O) groups is 2. The second kappa shape index (κ2) is 20.5. The number of fused-ring (bicyclic) bond motifs is 5. The van der Waals surface area contributed by atoms with Crippen LogP contribution in [0, 0.1) is 11.8 Å². The van der Waals surface area contributed by atoms with Crippen LogP contribution < -0.4 is 5.32 Å². The molecule has 0 amide bonds. The zero-order chi connectivity index (χ0) is 43.1. The minimum atomic E-state index is -0.739. The number of aliphatic hydroxyl groups excluding tert-OH is 2. The first-order chi connectivity index (χ1) is 28.8. The number of aliphatic hydroxyl groups is 2. The van der Waals surface area contributed by atoms with E-state index in [1.807, 2.05) is 26.0 Å². The smallest absolute Gasteiger partial charge is 0.313 e. The van der Waals surface area contributed by atoms with E-state index in [2.05, 4.69) is 39.9 Å². The Morgan fingerprint density at radius 2 is 1.32 bits per heavy atom. The van der Waals surface area contributed by atoms with Gasteiger partial charge in [0.25, 0.3) is 0 Å². The molecule has 5 heterocycles. The first-order valence-corrected chi connectivity index (χ1v) is 23.2. The summed E-state index contributed by atoms with van der Waals surface area (Å²) in [6.45, 7) is 16.3. The number of carbonyl (C=O) groups excluding carboxylic acids is 2. The van der Waals surface area contributed by atoms with E-state index in [1.165, 1.54) is 77.0 Å². The lowest BCUT2D eigenvalue weighted by Gasteiger charge is -2.18. The largest absolute Gasteiger partial charge is 0.511 e. The SMILES string of the molecule is CCCCCCCCCCCCCCCCCC(=O)OC(=O)CC[C@@H]1C2=C3CC(O)=C4C3=NC(=C4C)C=C3N=C(C=C4N=C(C(C)=C4C(C)O)C(C)=C(N2)[C@H]1C)C(C)=C3C. The van der Waals surface area contributed by atoms with E-state index < -0.39 is 18.0 Å². The highest BCUT2D eigenvalue weighted by molar-refractivity contribution is 6.21. The summed E-state index contributed by atoms with van der Waals surface area (Å²) < 4.78 is 5.36. The van der Waals surface area contributed by atoms with Gasteiger partial charge in [-0.05, 0) is 94.4 Å². The van der Waals surface area contributed by atoms with Gasteiger partial charge in [-0.3, -0.25) is 9.59 Å². The van der Waals surface area contributed by atoms with Gasteiger partial charge in [0, 0.05) is 59.2 Å². The van der Waals surface area contributed by atoms with E-state index in [4.69, 9.17) is 19.7 Å². The molecule has 324 valence electrons. The average molecular weight is 819 g/mol. The van der Waals surface area contributed by atoms with Gasteiger partial charge < -0.3 is 20.3 Å². The van der Waals surface area contributed by atoms with E-state index in [-0.39, 0.29) is 30.4 Å². The molecule has 0 saturated carbocycles. The monoisotopic (exact) mass is 819 g/mol. The van der Waals surface area contributed by atoms with Crippen LogP contribution in [0.25, 0.3) is 0 Å². The lowest BCUT2D eigenvalue weighted by molar-refractivity contribution is -0.159. The van der Waals surface area contributed by atoms with Crippen molar-refractivity contribution in [3.63, 3.8) is 0 Å². The fraction of sp³-hybridized carbons (Fsp3) is 0.588. The molecule has 0 aromatic carbocycles. The van der Waals surface area contributed by atoms with E-state index in [1.54, 1.807) is 6.92 Å². The van der Waals surface area contributed by atoms with Crippen LogP contribution in [0.3, 0.4) is 0 Å². The predicted octanol–water partition coefficient (Wildman–Crippen LogP) is 12.2. The summed E-state index contributed by atoms with van der Waals surface area (Å²) in [5, 5.41) is 26.2. The first kappa shape index (κ1) is 45.2. The Bertz CT molecular complexity index is 2090. The third kappa shape index (κ3) is 10.0. The summed E-state index contributed by atoms with van der Waals surface area (Å²) >= 11 is 0. The maximum Gasteiger partial charge on any atom is 0.313 e. The van der Waals surface area contributed by atoms with Gasteiger partial charge in [-0.2, -0.15) is 0 Å². The molecule has 5 aliphatic heterocycles. The fourth-order valence-electron chi connectivity index (χ4n) is 9.85. The zero-order valence-electron chi connectivity index (χ0n) is 37.8. The number of esters is 2. The maximum absolute atomic E-state index is 13.2. The van der Waals surface area contributed by atoms with Crippen molar-refractivity contribution in [1.82, 2.24) is 5.32 Å². The molecule has 6 aliphatic rings. The Morgan fingerprint density at radius 3 is 1.93 bits per heavy atom. The van der Waals surface area contributed by atoms with Gasteiger partial charge in [-0.15, -0.1) is 0 Å². The number of unbranched alkanes of at least 4 members (excludes halogenated alkanes) is 14. The van der Waals surface area contributed by atoms with E-state index >= 15 is 0 Å². The highest BCUT2D eigenvalue weighted by atomic mass is 16.6. The van der Waals surface area contributed by atoms with Crippen molar-refractivity contribution >= 4 is 29.1 Å². The molecule has 3 atom stereocenters. The first-order valence-electron chi connectivity index (χ1n) is 23.2. The Morgan fingerprint density at radius 1 is 0.717 bits per heavy atom. The normalized spacial score (nSPS) is 21.6. The molecule has 0 aromatic rings. The van der Waals surface area contributed by atoms with Crippen molar-refractivity contribution < 1.29 is 24.5 Å². The Labute approximate surface area is 359 Å². The molecule has 9 heteroatoms. The fourth-order valence-corrected chi connectivity index (χ4v) is 9.85. The third-order valence-corrected chi connectivity index (χ3v) is 13.6. The summed E-state index contributed by atoms with van der Waals surface area (Å²) in [5.41, 5.74) is 13.7. The molecule has 1 fully saturated rings. The second-order valence-corrected chi connectivity index (χ2v) is 18.0. The van der Waals surface area contributed by atoms with Crippen molar-refractivity contribution in [3.05, 3.63) is 91.0 Å². The van der Waals surface area contributed by atoms with Crippen LogP contribution in [-0.2, 0) is 14.3 Å². The highest BCUT2D eigenvalue weighted by Gasteiger charge is 2.42. The van der Waals surface area contributed by atoms with Gasteiger partial charge in [-0.25, -0.2) is 15.0 Å². The van der Waals surface area contributed by atoms with Crippen molar-refractivity contribution in [2.24, 2.45) is 26.8 Å². The molecular formula is C51H70N4O5. The molecule has 9 nitrogen and oxygen atoms in total. The lowest BCUT2D eigenvalue weighted by atomic mass is 9.85. The second-order valence-electron chi connectivity index (χ2n) is 18.0. The van der Waals surface area contributed by atoms with E-state index in [0.717, 1.165) is 104 Å². The van der Waals surface area contributed by atoms with Gasteiger partial charge in [-0.1, -0.05) is 104 Å².